The quantitative estimate of drug-likeness (QED) is 0.647. The summed E-state index contributed by atoms with van der Waals surface area (Å²) in [4.78, 5) is 7.64. The maximum atomic E-state index is 6.16. The third-order valence-electron chi connectivity index (χ3n) is 2.98. The van der Waals surface area contributed by atoms with Crippen molar-refractivity contribution in [3.63, 3.8) is 0 Å². The van der Waals surface area contributed by atoms with Gasteiger partial charge in [-0.3, -0.25) is 0 Å². The highest BCUT2D eigenvalue weighted by atomic mass is 35.5. The zero-order valence-corrected chi connectivity index (χ0v) is 13.1. The number of rotatable bonds is 3. The molecule has 21 heavy (non-hydrogen) atoms. The van der Waals surface area contributed by atoms with Gasteiger partial charge in [-0.05, 0) is 19.1 Å². The van der Waals surface area contributed by atoms with E-state index in [4.69, 9.17) is 27.9 Å². The van der Waals surface area contributed by atoms with Gasteiger partial charge in [-0.15, -0.1) is 11.3 Å². The minimum Gasteiger partial charge on any atom is -0.497 e. The molecule has 0 saturated carbocycles. The maximum absolute atomic E-state index is 6.16. The molecule has 0 aliphatic heterocycles. The first-order valence-electron chi connectivity index (χ1n) is 5.83. The lowest BCUT2D eigenvalue weighted by Gasteiger charge is -2.02. The molecule has 7 heteroatoms. The zero-order chi connectivity index (χ0) is 14.3. The Labute approximate surface area is 137 Å². The summed E-state index contributed by atoms with van der Waals surface area (Å²) in [6.07, 6.45) is 0. The van der Waals surface area contributed by atoms with E-state index in [9.17, 15) is 0 Å². The second kappa shape index (κ2) is 6.13. The number of benzene rings is 1. The summed E-state index contributed by atoms with van der Waals surface area (Å²) in [7, 11) is 1.63. The number of aromatic amines is 1. The van der Waals surface area contributed by atoms with Gasteiger partial charge in [0.1, 0.15) is 10.1 Å². The predicted octanol–water partition coefficient (Wildman–Crippen LogP) is 5.63. The van der Waals surface area contributed by atoms with Crippen LogP contribution in [-0.2, 0) is 0 Å². The Morgan fingerprint density at radius 2 is 2.05 bits per heavy atom. The normalized spacial score (nSPS) is 10.5. The molecule has 0 fully saturated rings. The molecule has 3 aromatic rings. The topological polar surface area (TPSA) is 49.9 Å². The number of halogens is 2. The molecular weight excluding hydrogens is 329 g/mol. The van der Waals surface area contributed by atoms with Gasteiger partial charge in [-0.25, -0.2) is 4.98 Å². The molecule has 0 atom stereocenters. The molecule has 1 aromatic carbocycles. The number of nitrogens with one attached hydrogen (secondary N) is 2. The summed E-state index contributed by atoms with van der Waals surface area (Å²) in [5, 5.41) is 3.17. The van der Waals surface area contributed by atoms with Crippen LogP contribution in [0.4, 0.5) is 11.6 Å². The lowest BCUT2D eigenvalue weighted by molar-refractivity contribution is 0.415. The van der Waals surface area contributed by atoms with Gasteiger partial charge in [0.25, 0.3) is 0 Å². The first-order valence-corrected chi connectivity index (χ1v) is 7.41. The highest BCUT2D eigenvalue weighted by Crippen LogP contribution is 2.41. The maximum Gasteiger partial charge on any atom is 0.205 e. The van der Waals surface area contributed by atoms with Crippen molar-refractivity contribution in [3.05, 3.63) is 32.4 Å². The number of hydrogen-bond acceptors (Lipinski definition) is 4. The van der Waals surface area contributed by atoms with Crippen molar-refractivity contribution >= 4 is 57.2 Å². The molecule has 2 N–H and O–H groups in total. The fourth-order valence-corrected chi connectivity index (χ4v) is 3.47. The number of hydrogen-bond donors (Lipinski definition) is 2. The van der Waals surface area contributed by atoms with Crippen molar-refractivity contribution < 1.29 is 4.74 Å². The first kappa shape index (κ1) is 15.9. The van der Waals surface area contributed by atoms with Gasteiger partial charge in [-0.2, -0.15) is 0 Å². The van der Waals surface area contributed by atoms with Crippen molar-refractivity contribution in [1.82, 2.24) is 9.97 Å². The molecule has 0 bridgehead atoms. The lowest BCUT2D eigenvalue weighted by atomic mass is 10.3. The molecule has 0 amide bonds. The average molecular weight is 344 g/mol. The molecule has 0 saturated heterocycles. The van der Waals surface area contributed by atoms with Gasteiger partial charge in [0.15, 0.2) is 0 Å². The molecule has 2 aromatic heterocycles. The summed E-state index contributed by atoms with van der Waals surface area (Å²) in [6.45, 7) is 1.92. The Bertz CT molecular complexity index is 782. The summed E-state index contributed by atoms with van der Waals surface area (Å²) in [5.74, 6) is 1.40. The smallest absolute Gasteiger partial charge is 0.205 e. The Balaban J connectivity index is 0.00000161. The fourth-order valence-electron chi connectivity index (χ4n) is 1.89. The highest BCUT2D eigenvalue weighted by Gasteiger charge is 2.14. The number of methoxy groups -OCH3 is 1. The summed E-state index contributed by atoms with van der Waals surface area (Å²) in [5.41, 5.74) is 3.44. The van der Waals surface area contributed by atoms with Crippen LogP contribution in [0.5, 0.6) is 5.75 Å². The average Bonchev–Trinajstić information content (AvgIpc) is 2.94. The van der Waals surface area contributed by atoms with Gasteiger partial charge in [0.2, 0.25) is 5.95 Å². The number of imidazole rings is 1. The van der Waals surface area contributed by atoms with Crippen LogP contribution >= 0.6 is 34.5 Å². The summed E-state index contributed by atoms with van der Waals surface area (Å²) in [6, 6.07) is 5.65. The van der Waals surface area contributed by atoms with E-state index in [1.165, 1.54) is 11.3 Å². The standard InChI is InChI=1S/C13H11Cl2N3OS.CH4/c1-6-10(12(15)20-11(6)14)18-13-16-8-4-3-7(19-2)5-9(8)17-13;/h3-5H,1-2H3,(H2,16,17,18);1H4. The van der Waals surface area contributed by atoms with Gasteiger partial charge in [0.05, 0.1) is 28.2 Å². The number of H-pyrrole nitrogens is 1. The van der Waals surface area contributed by atoms with E-state index in [1.54, 1.807) is 7.11 Å². The van der Waals surface area contributed by atoms with Crippen molar-refractivity contribution in [3.8, 4) is 5.75 Å². The molecule has 0 aliphatic rings. The van der Waals surface area contributed by atoms with E-state index >= 15 is 0 Å². The van der Waals surface area contributed by atoms with Crippen LogP contribution in [0.1, 0.15) is 13.0 Å². The minimum atomic E-state index is 0. The van der Waals surface area contributed by atoms with E-state index in [0.29, 0.717) is 14.6 Å². The van der Waals surface area contributed by atoms with Gasteiger partial charge in [-0.1, -0.05) is 30.6 Å². The number of aromatic nitrogens is 2. The first-order chi connectivity index (χ1) is 9.58. The predicted molar refractivity (Wildman–Crippen MR) is 91.7 cm³/mol. The van der Waals surface area contributed by atoms with Crippen molar-refractivity contribution in [2.24, 2.45) is 0 Å². The molecule has 0 unspecified atom stereocenters. The Kier molecular flexibility index (Phi) is 4.66. The minimum absolute atomic E-state index is 0. The second-order valence-corrected chi connectivity index (χ2v) is 6.47. The van der Waals surface area contributed by atoms with Crippen molar-refractivity contribution in [2.75, 3.05) is 12.4 Å². The number of ether oxygens (including phenoxy) is 1. The van der Waals surface area contributed by atoms with Crippen LogP contribution in [0, 0.1) is 6.92 Å². The Morgan fingerprint density at radius 1 is 1.29 bits per heavy atom. The third-order valence-corrected chi connectivity index (χ3v) is 4.78. The van der Waals surface area contributed by atoms with Gasteiger partial charge >= 0.3 is 0 Å². The van der Waals surface area contributed by atoms with E-state index in [2.05, 4.69) is 15.3 Å². The molecule has 3 rings (SSSR count). The van der Waals surface area contributed by atoms with Crippen LogP contribution in [0.25, 0.3) is 11.0 Å². The summed E-state index contributed by atoms with van der Waals surface area (Å²) < 4.78 is 6.48. The van der Waals surface area contributed by atoms with E-state index < -0.39 is 0 Å². The molecule has 0 spiro atoms. The molecule has 0 radical (unpaired) electrons. The molecule has 112 valence electrons. The SMILES string of the molecule is C.COc1ccc2nc(Nc3c(Cl)sc(Cl)c3C)[nH]c2c1. The van der Waals surface area contributed by atoms with E-state index in [-0.39, 0.29) is 7.43 Å². The molecule has 2 heterocycles. The Morgan fingerprint density at radius 3 is 2.67 bits per heavy atom. The fraction of sp³-hybridized carbons (Fsp3) is 0.214. The molecule has 0 aliphatic carbocycles. The van der Waals surface area contributed by atoms with E-state index in [0.717, 1.165) is 28.0 Å². The van der Waals surface area contributed by atoms with Crippen molar-refractivity contribution in [2.45, 2.75) is 14.4 Å². The monoisotopic (exact) mass is 343 g/mol. The zero-order valence-electron chi connectivity index (χ0n) is 10.8. The second-order valence-electron chi connectivity index (χ2n) is 4.24. The van der Waals surface area contributed by atoms with E-state index in [1.807, 2.05) is 25.1 Å². The third kappa shape index (κ3) is 2.95. The van der Waals surface area contributed by atoms with Gasteiger partial charge < -0.3 is 15.0 Å². The molecule has 4 nitrogen and oxygen atoms in total. The van der Waals surface area contributed by atoms with Crippen LogP contribution in [0.2, 0.25) is 8.67 Å². The van der Waals surface area contributed by atoms with Crippen LogP contribution < -0.4 is 10.1 Å². The summed E-state index contributed by atoms with van der Waals surface area (Å²) >= 11 is 13.6. The lowest BCUT2D eigenvalue weighted by Crippen LogP contribution is -1.92. The number of fused-ring (bicyclic) bond motifs is 1. The number of nitrogens with zero attached hydrogens (tertiary/aromatic N) is 1. The van der Waals surface area contributed by atoms with Crippen molar-refractivity contribution in [1.29, 1.82) is 0 Å². The molecular formula is C14H15Cl2N3OS. The Hall–Kier alpha value is -1.43. The van der Waals surface area contributed by atoms with Crippen LogP contribution in [0.15, 0.2) is 18.2 Å². The number of anilines is 2. The highest BCUT2D eigenvalue weighted by molar-refractivity contribution is 7.20. The van der Waals surface area contributed by atoms with Crippen LogP contribution in [-0.4, -0.2) is 17.1 Å². The van der Waals surface area contributed by atoms with Gasteiger partial charge in [0, 0.05) is 11.6 Å². The number of thiophene rings is 1. The van der Waals surface area contributed by atoms with Crippen LogP contribution in [0.3, 0.4) is 0 Å². The largest absolute Gasteiger partial charge is 0.497 e.